The second-order valence-electron chi connectivity index (χ2n) is 7.06. The fourth-order valence-electron chi connectivity index (χ4n) is 2.68. The van der Waals surface area contributed by atoms with Crippen molar-refractivity contribution < 1.29 is 17.9 Å². The number of hydrogen-bond donors (Lipinski definition) is 0. The van der Waals surface area contributed by atoms with E-state index >= 15 is 0 Å². The van der Waals surface area contributed by atoms with Crippen LogP contribution in [0.2, 0.25) is 5.02 Å². The van der Waals surface area contributed by atoms with E-state index in [9.17, 15) is 13.2 Å². The van der Waals surface area contributed by atoms with Crippen molar-refractivity contribution in [2.24, 2.45) is 4.99 Å². The lowest BCUT2D eigenvalue weighted by Gasteiger charge is -2.22. The highest BCUT2D eigenvalue weighted by Gasteiger charge is 2.30. The van der Waals surface area contributed by atoms with Crippen LogP contribution in [-0.4, -0.2) is 30.7 Å². The van der Waals surface area contributed by atoms with Gasteiger partial charge < -0.3 is 9.30 Å². The van der Waals surface area contributed by atoms with Crippen molar-refractivity contribution >= 4 is 48.9 Å². The molecular weight excluding hydrogens is 444 g/mol. The Morgan fingerprint density at radius 2 is 1.93 bits per heavy atom. The zero-order valence-electron chi connectivity index (χ0n) is 16.5. The van der Waals surface area contributed by atoms with Crippen LogP contribution < -0.4 is 9.54 Å². The number of carbonyl (C=O) groups excluding carboxylic acids is 1. The fourth-order valence-corrected chi connectivity index (χ4v) is 4.59. The molecule has 1 heterocycles. The standard InChI is InChI=1S/C21H19ClN2O4S2/c1-5-12-24-17-11-10-16(30(4,26)27)13-18(17)29-20(24)23-19(25)21(2,3)28-15-8-6-14(22)7-9-15/h1,6-11,13H,12H2,2-4H3. The summed E-state index contributed by atoms with van der Waals surface area (Å²) < 4.78 is 31.9. The number of nitrogens with zero attached hydrogens (tertiary/aromatic N) is 2. The highest BCUT2D eigenvalue weighted by molar-refractivity contribution is 7.90. The van der Waals surface area contributed by atoms with Crippen LogP contribution in [0.15, 0.2) is 52.4 Å². The third kappa shape index (κ3) is 4.75. The molecule has 0 saturated carbocycles. The number of rotatable bonds is 5. The summed E-state index contributed by atoms with van der Waals surface area (Å²) in [6, 6.07) is 11.4. The summed E-state index contributed by atoms with van der Waals surface area (Å²) >= 11 is 7.07. The molecule has 0 saturated heterocycles. The maximum Gasteiger partial charge on any atom is 0.291 e. The van der Waals surface area contributed by atoms with Crippen molar-refractivity contribution in [3.8, 4) is 18.1 Å². The maximum atomic E-state index is 12.9. The number of fused-ring (bicyclic) bond motifs is 1. The van der Waals surface area contributed by atoms with E-state index in [4.69, 9.17) is 22.8 Å². The number of benzene rings is 2. The average molecular weight is 463 g/mol. The summed E-state index contributed by atoms with van der Waals surface area (Å²) in [7, 11) is -3.36. The molecule has 6 nitrogen and oxygen atoms in total. The number of aromatic nitrogens is 1. The Labute approximate surface area is 183 Å². The van der Waals surface area contributed by atoms with Gasteiger partial charge in [-0.25, -0.2) is 8.42 Å². The van der Waals surface area contributed by atoms with Gasteiger partial charge in [0.05, 0.1) is 21.7 Å². The van der Waals surface area contributed by atoms with Gasteiger partial charge in [0.1, 0.15) is 5.75 Å². The Balaban J connectivity index is 2.04. The summed E-state index contributed by atoms with van der Waals surface area (Å²) in [6.07, 6.45) is 6.63. The second-order valence-corrected chi connectivity index (χ2v) is 10.5. The van der Waals surface area contributed by atoms with Crippen LogP contribution in [0.5, 0.6) is 5.75 Å². The van der Waals surface area contributed by atoms with E-state index in [1.54, 1.807) is 54.8 Å². The molecule has 3 rings (SSSR count). The molecule has 0 unspecified atom stereocenters. The van der Waals surface area contributed by atoms with E-state index in [-0.39, 0.29) is 11.4 Å². The van der Waals surface area contributed by atoms with Crippen LogP contribution in [0.4, 0.5) is 0 Å². The third-order valence-corrected chi connectivity index (χ3v) is 6.63. The van der Waals surface area contributed by atoms with Crippen LogP contribution in [-0.2, 0) is 21.2 Å². The van der Waals surface area contributed by atoms with Gasteiger partial charge in [-0.3, -0.25) is 4.79 Å². The zero-order valence-corrected chi connectivity index (χ0v) is 18.9. The molecule has 0 radical (unpaired) electrons. The average Bonchev–Trinajstić information content (AvgIpc) is 2.99. The molecule has 0 spiro atoms. The number of sulfone groups is 1. The molecule has 0 aliphatic rings. The monoisotopic (exact) mass is 462 g/mol. The molecular formula is C21H19ClN2O4S2. The van der Waals surface area contributed by atoms with Gasteiger partial charge in [0.2, 0.25) is 0 Å². The zero-order chi connectivity index (χ0) is 22.1. The predicted octanol–water partition coefficient (Wildman–Crippen LogP) is 3.68. The Kier molecular flexibility index (Phi) is 6.09. The van der Waals surface area contributed by atoms with E-state index < -0.39 is 21.3 Å². The molecule has 3 aromatic rings. The first-order valence-electron chi connectivity index (χ1n) is 8.82. The second kappa shape index (κ2) is 8.26. The van der Waals surface area contributed by atoms with Gasteiger partial charge in [-0.05, 0) is 56.3 Å². The van der Waals surface area contributed by atoms with Crippen molar-refractivity contribution in [3.63, 3.8) is 0 Å². The number of hydrogen-bond acceptors (Lipinski definition) is 5. The summed E-state index contributed by atoms with van der Waals surface area (Å²) in [4.78, 5) is 17.7. The lowest BCUT2D eigenvalue weighted by Crippen LogP contribution is -2.38. The van der Waals surface area contributed by atoms with Crippen LogP contribution in [0.3, 0.4) is 0 Å². The molecule has 0 atom stereocenters. The topological polar surface area (TPSA) is 77.7 Å². The Bertz CT molecular complexity index is 1330. The van der Waals surface area contributed by atoms with E-state index in [1.165, 1.54) is 17.4 Å². The Morgan fingerprint density at radius 1 is 1.27 bits per heavy atom. The van der Waals surface area contributed by atoms with Crippen molar-refractivity contribution in [3.05, 3.63) is 52.3 Å². The lowest BCUT2D eigenvalue weighted by atomic mass is 10.1. The minimum absolute atomic E-state index is 0.183. The van der Waals surface area contributed by atoms with Gasteiger partial charge in [0.25, 0.3) is 5.91 Å². The number of ether oxygens (including phenoxy) is 1. The quantitative estimate of drug-likeness (QED) is 0.542. The number of carbonyl (C=O) groups is 1. The normalized spacial score (nSPS) is 12.7. The van der Waals surface area contributed by atoms with Gasteiger partial charge in [-0.2, -0.15) is 4.99 Å². The minimum Gasteiger partial charge on any atom is -0.478 e. The molecule has 1 amide bonds. The molecule has 0 N–H and O–H groups in total. The largest absolute Gasteiger partial charge is 0.478 e. The number of terminal acetylenes is 1. The fraction of sp³-hybridized carbons (Fsp3) is 0.238. The van der Waals surface area contributed by atoms with Crippen LogP contribution in [0, 0.1) is 12.3 Å². The SMILES string of the molecule is C#CCn1c(=NC(=O)C(C)(C)Oc2ccc(Cl)cc2)sc2cc(S(C)(=O)=O)ccc21. The Morgan fingerprint density at radius 3 is 2.53 bits per heavy atom. The van der Waals surface area contributed by atoms with Crippen LogP contribution in [0.25, 0.3) is 10.2 Å². The number of amides is 1. The van der Waals surface area contributed by atoms with Gasteiger partial charge in [0.15, 0.2) is 20.2 Å². The molecule has 0 bridgehead atoms. The first kappa shape index (κ1) is 22.1. The summed E-state index contributed by atoms with van der Waals surface area (Å²) in [5.41, 5.74) is -0.538. The number of thiazole rings is 1. The third-order valence-electron chi connectivity index (χ3n) is 4.23. The molecule has 9 heteroatoms. The molecule has 0 aliphatic carbocycles. The highest BCUT2D eigenvalue weighted by Crippen LogP contribution is 2.24. The smallest absolute Gasteiger partial charge is 0.291 e. The first-order valence-corrected chi connectivity index (χ1v) is 11.9. The maximum absolute atomic E-state index is 12.9. The van der Waals surface area contributed by atoms with E-state index in [1.807, 2.05) is 0 Å². The molecule has 2 aromatic carbocycles. The summed E-state index contributed by atoms with van der Waals surface area (Å²) in [6.45, 7) is 3.42. The van der Waals surface area contributed by atoms with E-state index in [0.717, 1.165) is 6.26 Å². The molecule has 0 fully saturated rings. The van der Waals surface area contributed by atoms with Gasteiger partial charge in [-0.15, -0.1) is 6.42 Å². The van der Waals surface area contributed by atoms with Crippen LogP contribution in [0.1, 0.15) is 13.8 Å². The predicted molar refractivity (Wildman–Crippen MR) is 118 cm³/mol. The van der Waals surface area contributed by atoms with Crippen molar-refractivity contribution in [1.82, 2.24) is 4.57 Å². The van der Waals surface area contributed by atoms with E-state index in [0.29, 0.717) is 25.8 Å². The first-order chi connectivity index (χ1) is 14.0. The van der Waals surface area contributed by atoms with Crippen molar-refractivity contribution in [2.45, 2.75) is 30.9 Å². The lowest BCUT2D eigenvalue weighted by molar-refractivity contribution is -0.130. The molecule has 156 valence electrons. The highest BCUT2D eigenvalue weighted by atomic mass is 35.5. The molecule has 0 aliphatic heterocycles. The molecule has 30 heavy (non-hydrogen) atoms. The van der Waals surface area contributed by atoms with Crippen LogP contribution >= 0.6 is 22.9 Å². The molecule has 1 aromatic heterocycles. The van der Waals surface area contributed by atoms with Gasteiger partial charge in [-0.1, -0.05) is 28.9 Å². The summed E-state index contributed by atoms with van der Waals surface area (Å²) in [5, 5.41) is 0.560. The minimum atomic E-state index is -3.36. The Hall–Kier alpha value is -2.60. The van der Waals surface area contributed by atoms with Gasteiger partial charge >= 0.3 is 0 Å². The van der Waals surface area contributed by atoms with E-state index in [2.05, 4.69) is 10.9 Å². The van der Waals surface area contributed by atoms with Crippen molar-refractivity contribution in [2.75, 3.05) is 6.26 Å². The van der Waals surface area contributed by atoms with Gasteiger partial charge in [0, 0.05) is 11.3 Å². The summed E-state index contributed by atoms with van der Waals surface area (Å²) in [5.74, 6) is 2.52. The van der Waals surface area contributed by atoms with Crippen molar-refractivity contribution in [1.29, 1.82) is 0 Å². The number of halogens is 1.